The largest absolute Gasteiger partial charge is 0.378 e. The molecule has 2 unspecified atom stereocenters. The van der Waals surface area contributed by atoms with Crippen molar-refractivity contribution in [2.24, 2.45) is 11.8 Å². The lowest BCUT2D eigenvalue weighted by molar-refractivity contribution is -0.137. The van der Waals surface area contributed by atoms with Crippen LogP contribution in [0.1, 0.15) is 6.42 Å². The number of nitrogens with zero attached hydrogens (tertiary/aromatic N) is 2. The van der Waals surface area contributed by atoms with Crippen molar-refractivity contribution in [2.45, 2.75) is 6.42 Å². The van der Waals surface area contributed by atoms with Crippen LogP contribution in [-0.2, 0) is 14.3 Å². The number of carbonyl (C=O) groups is 2. The maximum Gasteiger partial charge on any atom is 0.228 e. The van der Waals surface area contributed by atoms with Gasteiger partial charge in [-0.1, -0.05) is 18.2 Å². The minimum Gasteiger partial charge on any atom is -0.378 e. The topological polar surface area (TPSA) is 71.5 Å². The van der Waals surface area contributed by atoms with Crippen molar-refractivity contribution >= 4 is 28.4 Å². The number of fused-ring (bicyclic) bond motifs is 1. The van der Waals surface area contributed by atoms with Crippen molar-refractivity contribution in [3.63, 3.8) is 0 Å². The summed E-state index contributed by atoms with van der Waals surface area (Å²) >= 11 is 0. The molecule has 1 saturated carbocycles. The van der Waals surface area contributed by atoms with E-state index in [1.807, 2.05) is 30.3 Å². The van der Waals surface area contributed by atoms with Crippen LogP contribution in [-0.4, -0.2) is 48.0 Å². The van der Waals surface area contributed by atoms with Gasteiger partial charge in [0.25, 0.3) is 0 Å². The molecule has 1 aliphatic heterocycles. The molecule has 4 rings (SSSR count). The van der Waals surface area contributed by atoms with Crippen molar-refractivity contribution < 1.29 is 14.3 Å². The highest BCUT2D eigenvalue weighted by Gasteiger charge is 2.49. The number of anilines is 1. The Kier molecular flexibility index (Phi) is 3.90. The summed E-state index contributed by atoms with van der Waals surface area (Å²) in [6.07, 6.45) is 2.33. The summed E-state index contributed by atoms with van der Waals surface area (Å²) in [7, 11) is 0. The standard InChI is InChI=1S/C18H19N3O3/c22-17(13-11-14(13)18(23)21-7-9-24-10-8-21)20-15-5-1-3-12-4-2-6-19-16(12)15/h1-6,13-14H,7-11H2,(H,20,22). The number of para-hydroxylation sites is 1. The maximum absolute atomic E-state index is 12.5. The summed E-state index contributed by atoms with van der Waals surface area (Å²) < 4.78 is 5.26. The normalized spacial score (nSPS) is 23.1. The quantitative estimate of drug-likeness (QED) is 0.932. The van der Waals surface area contributed by atoms with Gasteiger partial charge in [-0.2, -0.15) is 0 Å². The zero-order chi connectivity index (χ0) is 16.5. The predicted octanol–water partition coefficient (Wildman–Crippen LogP) is 1.67. The number of morpholine rings is 1. The molecule has 1 aromatic carbocycles. The lowest BCUT2D eigenvalue weighted by Gasteiger charge is -2.27. The first-order valence-electron chi connectivity index (χ1n) is 8.25. The number of ether oxygens (including phenoxy) is 1. The Bertz CT molecular complexity index is 781. The first kappa shape index (κ1) is 15.1. The molecule has 0 spiro atoms. The van der Waals surface area contributed by atoms with E-state index < -0.39 is 0 Å². The van der Waals surface area contributed by atoms with Crippen LogP contribution >= 0.6 is 0 Å². The third-order valence-corrected chi connectivity index (χ3v) is 4.66. The SMILES string of the molecule is O=C(Nc1cccc2cccnc12)C1CC1C(=O)N1CCOCC1. The van der Waals surface area contributed by atoms with E-state index in [-0.39, 0.29) is 23.7 Å². The number of rotatable bonds is 3. The Morgan fingerprint density at radius 3 is 2.75 bits per heavy atom. The van der Waals surface area contributed by atoms with Gasteiger partial charge in [-0.25, -0.2) is 0 Å². The number of nitrogens with one attached hydrogen (secondary N) is 1. The van der Waals surface area contributed by atoms with Gasteiger partial charge in [0.05, 0.1) is 36.3 Å². The van der Waals surface area contributed by atoms with Crippen molar-refractivity contribution in [2.75, 3.05) is 31.6 Å². The highest BCUT2D eigenvalue weighted by molar-refractivity contribution is 6.04. The summed E-state index contributed by atoms with van der Waals surface area (Å²) in [6.45, 7) is 2.40. The maximum atomic E-state index is 12.5. The predicted molar refractivity (Wildman–Crippen MR) is 89.4 cm³/mol. The molecule has 2 atom stereocenters. The zero-order valence-electron chi connectivity index (χ0n) is 13.3. The van der Waals surface area contributed by atoms with Crippen molar-refractivity contribution in [1.29, 1.82) is 0 Å². The molecule has 124 valence electrons. The second-order valence-corrected chi connectivity index (χ2v) is 6.26. The average molecular weight is 325 g/mol. The third kappa shape index (κ3) is 2.85. The molecule has 0 bridgehead atoms. The van der Waals surface area contributed by atoms with Crippen LogP contribution in [0.2, 0.25) is 0 Å². The Morgan fingerprint density at radius 2 is 1.92 bits per heavy atom. The zero-order valence-corrected chi connectivity index (χ0v) is 13.3. The molecule has 2 aromatic rings. The van der Waals surface area contributed by atoms with Crippen LogP contribution in [0.5, 0.6) is 0 Å². The summed E-state index contributed by atoms with van der Waals surface area (Å²) in [5.74, 6) is -0.445. The van der Waals surface area contributed by atoms with E-state index in [1.165, 1.54) is 0 Å². The molecule has 1 aliphatic carbocycles. The van der Waals surface area contributed by atoms with Gasteiger partial charge in [-0.15, -0.1) is 0 Å². The number of benzene rings is 1. The van der Waals surface area contributed by atoms with Crippen molar-refractivity contribution in [3.05, 3.63) is 36.5 Å². The van der Waals surface area contributed by atoms with Crippen LogP contribution < -0.4 is 5.32 Å². The minimum absolute atomic E-state index is 0.0782. The van der Waals surface area contributed by atoms with E-state index in [4.69, 9.17) is 4.74 Å². The second-order valence-electron chi connectivity index (χ2n) is 6.26. The molecule has 24 heavy (non-hydrogen) atoms. The molecule has 1 aromatic heterocycles. The number of pyridine rings is 1. The van der Waals surface area contributed by atoms with E-state index in [1.54, 1.807) is 11.1 Å². The van der Waals surface area contributed by atoms with Gasteiger partial charge in [0.1, 0.15) is 0 Å². The van der Waals surface area contributed by atoms with Gasteiger partial charge >= 0.3 is 0 Å². The molecule has 1 N–H and O–H groups in total. The first-order chi connectivity index (χ1) is 11.7. The average Bonchev–Trinajstić information content (AvgIpc) is 3.43. The molecule has 0 radical (unpaired) electrons. The molecule has 6 heteroatoms. The van der Waals surface area contributed by atoms with E-state index in [0.29, 0.717) is 38.4 Å². The van der Waals surface area contributed by atoms with E-state index in [9.17, 15) is 9.59 Å². The van der Waals surface area contributed by atoms with Gasteiger partial charge in [-0.05, 0) is 18.6 Å². The van der Waals surface area contributed by atoms with Crippen LogP contribution in [0.25, 0.3) is 10.9 Å². The fourth-order valence-corrected chi connectivity index (χ4v) is 3.21. The molecule has 2 heterocycles. The van der Waals surface area contributed by atoms with Crippen LogP contribution in [0.3, 0.4) is 0 Å². The van der Waals surface area contributed by atoms with Gasteiger partial charge < -0.3 is 15.0 Å². The van der Waals surface area contributed by atoms with Gasteiger partial charge in [-0.3, -0.25) is 14.6 Å². The Hall–Kier alpha value is -2.47. The lowest BCUT2D eigenvalue weighted by atomic mass is 10.2. The Balaban J connectivity index is 1.43. The van der Waals surface area contributed by atoms with Gasteiger partial charge in [0.15, 0.2) is 0 Å². The van der Waals surface area contributed by atoms with E-state index in [2.05, 4.69) is 10.3 Å². The Labute approximate surface area is 139 Å². The lowest BCUT2D eigenvalue weighted by Crippen LogP contribution is -2.42. The highest BCUT2D eigenvalue weighted by atomic mass is 16.5. The molecular formula is C18H19N3O3. The summed E-state index contributed by atoms with van der Waals surface area (Å²) in [4.78, 5) is 31.0. The van der Waals surface area contributed by atoms with Crippen molar-refractivity contribution in [1.82, 2.24) is 9.88 Å². The Morgan fingerprint density at radius 1 is 1.12 bits per heavy atom. The van der Waals surface area contributed by atoms with Crippen molar-refractivity contribution in [3.8, 4) is 0 Å². The molecule has 2 fully saturated rings. The van der Waals surface area contributed by atoms with E-state index in [0.717, 1.165) is 10.9 Å². The van der Waals surface area contributed by atoms with E-state index >= 15 is 0 Å². The fraction of sp³-hybridized carbons (Fsp3) is 0.389. The molecule has 2 amide bonds. The van der Waals surface area contributed by atoms with Crippen LogP contribution in [0, 0.1) is 11.8 Å². The smallest absolute Gasteiger partial charge is 0.228 e. The number of amides is 2. The third-order valence-electron chi connectivity index (χ3n) is 4.66. The fourth-order valence-electron chi connectivity index (χ4n) is 3.21. The molecular weight excluding hydrogens is 306 g/mol. The minimum atomic E-state index is -0.237. The number of aromatic nitrogens is 1. The van der Waals surface area contributed by atoms with Gasteiger partial charge in [0, 0.05) is 24.7 Å². The van der Waals surface area contributed by atoms with Crippen LogP contribution in [0.4, 0.5) is 5.69 Å². The summed E-state index contributed by atoms with van der Waals surface area (Å²) in [5, 5.41) is 3.92. The number of hydrogen-bond acceptors (Lipinski definition) is 4. The monoisotopic (exact) mass is 325 g/mol. The molecule has 6 nitrogen and oxygen atoms in total. The van der Waals surface area contributed by atoms with Gasteiger partial charge in [0.2, 0.25) is 11.8 Å². The highest BCUT2D eigenvalue weighted by Crippen LogP contribution is 2.41. The number of hydrogen-bond donors (Lipinski definition) is 1. The first-order valence-corrected chi connectivity index (χ1v) is 8.25. The summed E-state index contributed by atoms with van der Waals surface area (Å²) in [6, 6.07) is 9.52. The molecule has 2 aliphatic rings. The number of carbonyl (C=O) groups excluding carboxylic acids is 2. The second kappa shape index (κ2) is 6.20. The van der Waals surface area contributed by atoms with Crippen LogP contribution in [0.15, 0.2) is 36.5 Å². The molecule has 1 saturated heterocycles. The summed E-state index contributed by atoms with van der Waals surface area (Å²) in [5.41, 5.74) is 1.47.